The number of Topliss-reactive ketones (excluding diaryl/α,β-unsaturated/α-hetero) is 1. The van der Waals surface area contributed by atoms with E-state index < -0.39 is 0 Å². The summed E-state index contributed by atoms with van der Waals surface area (Å²) in [6.07, 6.45) is 2.70. The standard InChI is InChI=1S/C15H20N2O2/c1-17(2)13-7-3-11(4-8-13)15(19)16-12-5-9-14(18)10-6-12/h3-4,7-8,12H,5-6,9-10H2,1-2H3,(H,16,19). The second-order valence-electron chi connectivity index (χ2n) is 5.23. The van der Waals surface area contributed by atoms with Crippen molar-refractivity contribution in [1.82, 2.24) is 5.32 Å². The Kier molecular flexibility index (Phi) is 4.20. The van der Waals surface area contributed by atoms with Gasteiger partial charge in [0.25, 0.3) is 5.91 Å². The van der Waals surface area contributed by atoms with Crippen LogP contribution in [0.4, 0.5) is 5.69 Å². The molecular formula is C15H20N2O2. The highest BCUT2D eigenvalue weighted by atomic mass is 16.1. The average molecular weight is 260 g/mol. The van der Waals surface area contributed by atoms with E-state index in [0.29, 0.717) is 24.2 Å². The van der Waals surface area contributed by atoms with Gasteiger partial charge in [-0.15, -0.1) is 0 Å². The molecule has 1 aromatic rings. The van der Waals surface area contributed by atoms with E-state index >= 15 is 0 Å². The van der Waals surface area contributed by atoms with Gasteiger partial charge in [-0.3, -0.25) is 9.59 Å². The minimum atomic E-state index is -0.0512. The third-order valence-electron chi connectivity index (χ3n) is 3.52. The second-order valence-corrected chi connectivity index (χ2v) is 5.23. The lowest BCUT2D eigenvalue weighted by atomic mass is 9.94. The molecule has 1 saturated carbocycles. The van der Waals surface area contributed by atoms with E-state index in [4.69, 9.17) is 0 Å². The lowest BCUT2D eigenvalue weighted by Crippen LogP contribution is -2.37. The number of rotatable bonds is 3. The predicted octanol–water partition coefficient (Wildman–Crippen LogP) is 1.99. The van der Waals surface area contributed by atoms with Crippen LogP contribution in [0.15, 0.2) is 24.3 Å². The molecule has 1 N–H and O–H groups in total. The minimum Gasteiger partial charge on any atom is -0.378 e. The molecule has 0 aromatic heterocycles. The third kappa shape index (κ3) is 3.56. The molecule has 4 nitrogen and oxygen atoms in total. The van der Waals surface area contributed by atoms with Crippen LogP contribution in [0, 0.1) is 0 Å². The maximum absolute atomic E-state index is 12.1. The maximum atomic E-state index is 12.1. The molecule has 0 spiro atoms. The maximum Gasteiger partial charge on any atom is 0.251 e. The van der Waals surface area contributed by atoms with Crippen LogP contribution in [-0.4, -0.2) is 31.8 Å². The fourth-order valence-electron chi connectivity index (χ4n) is 2.26. The number of carbonyl (C=O) groups is 2. The highest BCUT2D eigenvalue weighted by molar-refractivity contribution is 5.94. The number of nitrogens with zero attached hydrogens (tertiary/aromatic N) is 1. The van der Waals surface area contributed by atoms with E-state index in [9.17, 15) is 9.59 Å². The zero-order valence-electron chi connectivity index (χ0n) is 11.5. The Morgan fingerprint density at radius 1 is 1.16 bits per heavy atom. The van der Waals surface area contributed by atoms with Crippen LogP contribution < -0.4 is 10.2 Å². The molecule has 0 unspecified atom stereocenters. The first kappa shape index (κ1) is 13.6. The van der Waals surface area contributed by atoms with Crippen molar-refractivity contribution >= 4 is 17.4 Å². The van der Waals surface area contributed by atoms with Gasteiger partial charge >= 0.3 is 0 Å². The quantitative estimate of drug-likeness (QED) is 0.904. The Labute approximate surface area is 113 Å². The van der Waals surface area contributed by atoms with Crippen molar-refractivity contribution in [3.8, 4) is 0 Å². The molecule has 0 atom stereocenters. The first-order chi connectivity index (χ1) is 9.06. The molecule has 1 aliphatic rings. The first-order valence-corrected chi connectivity index (χ1v) is 6.66. The highest BCUT2D eigenvalue weighted by Crippen LogP contribution is 2.16. The molecule has 1 aromatic carbocycles. The molecule has 0 radical (unpaired) electrons. The van der Waals surface area contributed by atoms with Crippen LogP contribution in [0.3, 0.4) is 0 Å². The molecule has 0 heterocycles. The van der Waals surface area contributed by atoms with Gasteiger partial charge in [-0.25, -0.2) is 0 Å². The topological polar surface area (TPSA) is 49.4 Å². The van der Waals surface area contributed by atoms with Crippen molar-refractivity contribution < 1.29 is 9.59 Å². The monoisotopic (exact) mass is 260 g/mol. The lowest BCUT2D eigenvalue weighted by Gasteiger charge is -2.22. The molecular weight excluding hydrogens is 240 g/mol. The summed E-state index contributed by atoms with van der Waals surface area (Å²) in [6.45, 7) is 0. The molecule has 1 aliphatic carbocycles. The van der Waals surface area contributed by atoms with E-state index in [1.54, 1.807) is 0 Å². The van der Waals surface area contributed by atoms with Gasteiger partial charge < -0.3 is 10.2 Å². The lowest BCUT2D eigenvalue weighted by molar-refractivity contribution is -0.120. The van der Waals surface area contributed by atoms with Gasteiger partial charge in [0.1, 0.15) is 5.78 Å². The Balaban J connectivity index is 1.94. The zero-order chi connectivity index (χ0) is 13.8. The molecule has 0 bridgehead atoms. The first-order valence-electron chi connectivity index (χ1n) is 6.66. The number of ketones is 1. The third-order valence-corrected chi connectivity index (χ3v) is 3.52. The van der Waals surface area contributed by atoms with E-state index in [1.165, 1.54) is 0 Å². The fraction of sp³-hybridized carbons (Fsp3) is 0.467. The van der Waals surface area contributed by atoms with Crippen LogP contribution in [0.1, 0.15) is 36.0 Å². The highest BCUT2D eigenvalue weighted by Gasteiger charge is 2.20. The van der Waals surface area contributed by atoms with E-state index in [-0.39, 0.29) is 11.9 Å². The van der Waals surface area contributed by atoms with Crippen LogP contribution in [0.2, 0.25) is 0 Å². The zero-order valence-corrected chi connectivity index (χ0v) is 11.5. The van der Waals surface area contributed by atoms with E-state index in [2.05, 4.69) is 5.32 Å². The van der Waals surface area contributed by atoms with Crippen molar-refractivity contribution in [2.75, 3.05) is 19.0 Å². The fourth-order valence-corrected chi connectivity index (χ4v) is 2.26. The minimum absolute atomic E-state index is 0.0512. The van der Waals surface area contributed by atoms with Gasteiger partial charge in [-0.1, -0.05) is 0 Å². The number of carbonyl (C=O) groups excluding carboxylic acids is 2. The van der Waals surface area contributed by atoms with Crippen LogP contribution in [0.5, 0.6) is 0 Å². The summed E-state index contributed by atoms with van der Waals surface area (Å²) >= 11 is 0. The largest absolute Gasteiger partial charge is 0.378 e. The summed E-state index contributed by atoms with van der Waals surface area (Å²) in [5.74, 6) is 0.255. The molecule has 19 heavy (non-hydrogen) atoms. The number of hydrogen-bond acceptors (Lipinski definition) is 3. The Hall–Kier alpha value is -1.84. The summed E-state index contributed by atoms with van der Waals surface area (Å²) in [5, 5.41) is 3.00. The van der Waals surface area contributed by atoms with Crippen molar-refractivity contribution in [2.45, 2.75) is 31.7 Å². The summed E-state index contributed by atoms with van der Waals surface area (Å²) < 4.78 is 0. The number of anilines is 1. The van der Waals surface area contributed by atoms with Gasteiger partial charge in [-0.2, -0.15) is 0 Å². The Morgan fingerprint density at radius 3 is 2.26 bits per heavy atom. The number of nitrogens with one attached hydrogen (secondary N) is 1. The van der Waals surface area contributed by atoms with Gasteiger partial charge in [0.05, 0.1) is 0 Å². The van der Waals surface area contributed by atoms with Crippen molar-refractivity contribution in [1.29, 1.82) is 0 Å². The normalized spacial score (nSPS) is 16.2. The molecule has 1 fully saturated rings. The Bertz CT molecular complexity index is 456. The number of amides is 1. The van der Waals surface area contributed by atoms with Crippen molar-refractivity contribution in [2.24, 2.45) is 0 Å². The van der Waals surface area contributed by atoms with E-state index in [0.717, 1.165) is 18.5 Å². The molecule has 0 aliphatic heterocycles. The van der Waals surface area contributed by atoms with Crippen LogP contribution >= 0.6 is 0 Å². The number of benzene rings is 1. The average Bonchev–Trinajstić information content (AvgIpc) is 2.41. The molecule has 102 valence electrons. The van der Waals surface area contributed by atoms with Crippen molar-refractivity contribution in [3.63, 3.8) is 0 Å². The summed E-state index contributed by atoms with van der Waals surface area (Å²) in [6, 6.07) is 7.66. The van der Waals surface area contributed by atoms with Crippen molar-refractivity contribution in [3.05, 3.63) is 29.8 Å². The van der Waals surface area contributed by atoms with Crippen LogP contribution in [0.25, 0.3) is 0 Å². The molecule has 0 saturated heterocycles. The van der Waals surface area contributed by atoms with Gasteiger partial charge in [-0.05, 0) is 37.1 Å². The van der Waals surface area contributed by atoms with Gasteiger partial charge in [0, 0.05) is 44.2 Å². The van der Waals surface area contributed by atoms with Gasteiger partial charge in [0.2, 0.25) is 0 Å². The van der Waals surface area contributed by atoms with Gasteiger partial charge in [0.15, 0.2) is 0 Å². The molecule has 1 amide bonds. The molecule has 4 heteroatoms. The summed E-state index contributed by atoms with van der Waals surface area (Å²) in [4.78, 5) is 25.2. The van der Waals surface area contributed by atoms with Crippen LogP contribution in [-0.2, 0) is 4.79 Å². The summed E-state index contributed by atoms with van der Waals surface area (Å²) in [7, 11) is 3.93. The predicted molar refractivity (Wildman–Crippen MR) is 75.5 cm³/mol. The molecule has 2 rings (SSSR count). The van der Waals surface area contributed by atoms with E-state index in [1.807, 2.05) is 43.3 Å². The summed E-state index contributed by atoms with van der Waals surface area (Å²) in [5.41, 5.74) is 1.74. The number of hydrogen-bond donors (Lipinski definition) is 1. The second kappa shape index (κ2) is 5.87. The Morgan fingerprint density at radius 2 is 1.74 bits per heavy atom. The SMILES string of the molecule is CN(C)c1ccc(C(=O)NC2CCC(=O)CC2)cc1. The smallest absolute Gasteiger partial charge is 0.251 e.